The minimum atomic E-state index is -0.623. The minimum absolute atomic E-state index is 0.135. The van der Waals surface area contributed by atoms with Gasteiger partial charge in [0, 0.05) is 18.7 Å². The van der Waals surface area contributed by atoms with Gasteiger partial charge in [-0.05, 0) is 42.3 Å². The number of aliphatic hydroxyl groups is 1. The van der Waals surface area contributed by atoms with Crippen LogP contribution in [0.3, 0.4) is 0 Å². The van der Waals surface area contributed by atoms with Crippen molar-refractivity contribution in [2.75, 3.05) is 19.5 Å². The van der Waals surface area contributed by atoms with E-state index >= 15 is 0 Å². The highest BCUT2D eigenvalue weighted by Crippen LogP contribution is 2.38. The Morgan fingerprint density at radius 2 is 1.94 bits per heavy atom. The second kappa shape index (κ2) is 9.79. The highest BCUT2D eigenvalue weighted by molar-refractivity contribution is 5.87. The first kappa shape index (κ1) is 23.5. The first-order valence-corrected chi connectivity index (χ1v) is 11.5. The fraction of sp³-hybridized carbons (Fsp3) is 0.259. The molecule has 9 heteroatoms. The predicted octanol–water partition coefficient (Wildman–Crippen LogP) is 4.45. The van der Waals surface area contributed by atoms with Crippen LogP contribution < -0.4 is 19.5 Å². The Labute approximate surface area is 208 Å². The van der Waals surface area contributed by atoms with Crippen molar-refractivity contribution in [2.45, 2.75) is 32.2 Å². The summed E-state index contributed by atoms with van der Waals surface area (Å²) in [7, 11) is 3.08. The lowest BCUT2D eigenvalue weighted by molar-refractivity contribution is 0.0332. The number of pyridine rings is 1. The molecule has 4 aromatic rings. The van der Waals surface area contributed by atoms with Crippen LogP contribution in [0, 0.1) is 6.92 Å². The summed E-state index contributed by atoms with van der Waals surface area (Å²) in [5, 5.41) is 12.5. The van der Waals surface area contributed by atoms with E-state index in [1.807, 2.05) is 53.9 Å². The van der Waals surface area contributed by atoms with Crippen molar-refractivity contribution in [3.63, 3.8) is 0 Å². The van der Waals surface area contributed by atoms with Gasteiger partial charge in [-0.3, -0.25) is 9.72 Å². The van der Waals surface area contributed by atoms with Crippen LogP contribution in [0.25, 0.3) is 5.65 Å². The summed E-state index contributed by atoms with van der Waals surface area (Å²) in [5.41, 5.74) is 4.47. The van der Waals surface area contributed by atoms with Gasteiger partial charge >= 0.3 is 6.09 Å². The number of benzene rings is 2. The van der Waals surface area contributed by atoms with Crippen LogP contribution in [0.15, 0.2) is 60.8 Å². The van der Waals surface area contributed by atoms with Gasteiger partial charge in [0.05, 0.1) is 37.9 Å². The molecule has 0 saturated carbocycles. The number of amides is 1. The van der Waals surface area contributed by atoms with Gasteiger partial charge in [0.2, 0.25) is 0 Å². The molecule has 0 spiro atoms. The van der Waals surface area contributed by atoms with Gasteiger partial charge < -0.3 is 24.1 Å². The first-order valence-electron chi connectivity index (χ1n) is 11.5. The van der Waals surface area contributed by atoms with Crippen molar-refractivity contribution < 1.29 is 28.8 Å². The van der Waals surface area contributed by atoms with Crippen LogP contribution in [0.4, 0.5) is 10.5 Å². The van der Waals surface area contributed by atoms with Crippen molar-refractivity contribution in [1.29, 1.82) is 0 Å². The van der Waals surface area contributed by atoms with Gasteiger partial charge in [0.1, 0.15) is 17.6 Å². The van der Waals surface area contributed by atoms with Gasteiger partial charge in [-0.2, -0.15) is 0 Å². The van der Waals surface area contributed by atoms with Crippen LogP contribution in [-0.2, 0) is 17.8 Å². The van der Waals surface area contributed by atoms with Crippen molar-refractivity contribution >= 4 is 17.4 Å². The number of nitrogens with zero attached hydrogens (tertiary/aromatic N) is 2. The fourth-order valence-electron chi connectivity index (χ4n) is 4.57. The molecule has 0 bridgehead atoms. The van der Waals surface area contributed by atoms with Crippen LogP contribution in [0.1, 0.15) is 28.6 Å². The third-order valence-electron chi connectivity index (χ3n) is 6.34. The molecule has 186 valence electrons. The quantitative estimate of drug-likeness (QED) is 0.395. The number of aromatic nitrogens is 2. The maximum atomic E-state index is 12.9. The zero-order valence-electron chi connectivity index (χ0n) is 20.2. The molecule has 2 aromatic carbocycles. The summed E-state index contributed by atoms with van der Waals surface area (Å²) in [5.74, 6) is 1.60. The van der Waals surface area contributed by atoms with Gasteiger partial charge in [-0.15, -0.1) is 0 Å². The molecule has 1 aliphatic carbocycles. The third-order valence-corrected chi connectivity index (χ3v) is 6.34. The predicted molar refractivity (Wildman–Crippen MR) is 133 cm³/mol. The van der Waals surface area contributed by atoms with Crippen LogP contribution in [0.2, 0.25) is 0 Å². The highest BCUT2D eigenvalue weighted by Gasteiger charge is 2.37. The van der Waals surface area contributed by atoms with E-state index in [0.29, 0.717) is 40.7 Å². The number of methoxy groups -OCH3 is 2. The molecule has 0 aliphatic heterocycles. The van der Waals surface area contributed by atoms with Crippen molar-refractivity contribution in [2.24, 2.45) is 0 Å². The number of imidazole rings is 1. The normalized spacial score (nSPS) is 16.4. The first-order chi connectivity index (χ1) is 17.5. The summed E-state index contributed by atoms with van der Waals surface area (Å²) in [6.07, 6.45) is 0.611. The van der Waals surface area contributed by atoms with Crippen LogP contribution in [0.5, 0.6) is 17.2 Å². The van der Waals surface area contributed by atoms with Crippen molar-refractivity contribution in [3.8, 4) is 17.2 Å². The minimum Gasteiger partial charge on any atom is -0.497 e. The summed E-state index contributed by atoms with van der Waals surface area (Å²) in [4.78, 5) is 17.5. The average Bonchev–Trinajstić information content (AvgIpc) is 3.40. The van der Waals surface area contributed by atoms with E-state index in [0.717, 1.165) is 16.8 Å². The SMILES string of the molecule is COc1ccc(NC(=O)O[C@@H]2Cc3ccccc3[C@H]2Oc2cccn3c(CO)c(C)nc23)c(OC)c1. The lowest BCUT2D eigenvalue weighted by Gasteiger charge is -2.23. The molecular formula is C27H27N3O6. The third kappa shape index (κ3) is 4.29. The number of aliphatic hydroxyl groups excluding tert-OH is 1. The number of fused-ring (bicyclic) bond motifs is 2. The number of rotatable bonds is 7. The second-order valence-corrected chi connectivity index (χ2v) is 8.44. The highest BCUT2D eigenvalue weighted by atomic mass is 16.6. The summed E-state index contributed by atoms with van der Waals surface area (Å²) >= 11 is 0. The van der Waals surface area contributed by atoms with Gasteiger partial charge in [0.25, 0.3) is 0 Å². The average molecular weight is 490 g/mol. The molecule has 2 N–H and O–H groups in total. The lowest BCUT2D eigenvalue weighted by Crippen LogP contribution is -2.28. The Kier molecular flexibility index (Phi) is 6.39. The molecule has 1 amide bonds. The molecule has 2 aromatic heterocycles. The fourth-order valence-corrected chi connectivity index (χ4v) is 4.57. The molecule has 0 saturated heterocycles. The van der Waals surface area contributed by atoms with E-state index in [2.05, 4.69) is 10.3 Å². The summed E-state index contributed by atoms with van der Waals surface area (Å²) in [6, 6.07) is 16.6. The van der Waals surface area contributed by atoms with E-state index in [9.17, 15) is 9.90 Å². The monoisotopic (exact) mass is 489 g/mol. The maximum Gasteiger partial charge on any atom is 0.412 e. The molecule has 9 nitrogen and oxygen atoms in total. The Balaban J connectivity index is 1.41. The van der Waals surface area contributed by atoms with E-state index < -0.39 is 18.3 Å². The summed E-state index contributed by atoms with van der Waals surface area (Å²) in [6.45, 7) is 1.71. The topological polar surface area (TPSA) is 104 Å². The maximum absolute atomic E-state index is 12.9. The van der Waals surface area contributed by atoms with E-state index in [4.69, 9.17) is 18.9 Å². The number of hydrogen-bond donors (Lipinski definition) is 2. The van der Waals surface area contributed by atoms with Gasteiger partial charge in [-0.1, -0.05) is 24.3 Å². The molecule has 36 heavy (non-hydrogen) atoms. The van der Waals surface area contributed by atoms with Crippen molar-refractivity contribution in [1.82, 2.24) is 9.38 Å². The van der Waals surface area contributed by atoms with Crippen molar-refractivity contribution in [3.05, 3.63) is 83.3 Å². The second-order valence-electron chi connectivity index (χ2n) is 8.44. The number of carbonyl (C=O) groups is 1. The van der Waals surface area contributed by atoms with Crippen LogP contribution in [-0.4, -0.2) is 40.9 Å². The van der Waals surface area contributed by atoms with E-state index in [1.54, 1.807) is 25.3 Å². The van der Waals surface area contributed by atoms with Crippen LogP contribution >= 0.6 is 0 Å². The number of carbonyl (C=O) groups excluding carboxylic acids is 1. The number of anilines is 1. The molecule has 2 atom stereocenters. The molecular weight excluding hydrogens is 462 g/mol. The van der Waals surface area contributed by atoms with E-state index in [1.165, 1.54) is 7.11 Å². The molecule has 5 rings (SSSR count). The number of nitrogens with one attached hydrogen (secondary N) is 1. The number of aryl methyl sites for hydroxylation is 1. The molecule has 1 aliphatic rings. The molecule has 0 radical (unpaired) electrons. The molecule has 0 fully saturated rings. The number of ether oxygens (including phenoxy) is 4. The Morgan fingerprint density at radius 1 is 1.11 bits per heavy atom. The van der Waals surface area contributed by atoms with Gasteiger partial charge in [-0.25, -0.2) is 9.78 Å². The Hall–Kier alpha value is -4.24. The standard InChI is InChI=1S/C27H27N3O6/c1-16-21(15-31)30-12-6-9-22(26(30)28-16)35-25-19-8-5-4-7-17(19)13-24(25)36-27(32)29-20-11-10-18(33-2)14-23(20)34-3/h4-12,14,24-25,31H,13,15H2,1-3H3,(H,29,32)/t24-,25-/m1/s1. The Morgan fingerprint density at radius 3 is 2.72 bits per heavy atom. The zero-order chi connectivity index (χ0) is 25.2. The lowest BCUT2D eigenvalue weighted by atomic mass is 10.1. The Bertz CT molecular complexity index is 1420. The smallest absolute Gasteiger partial charge is 0.412 e. The van der Waals surface area contributed by atoms with Gasteiger partial charge in [0.15, 0.2) is 17.5 Å². The molecule has 2 heterocycles. The largest absolute Gasteiger partial charge is 0.497 e. The van der Waals surface area contributed by atoms with E-state index in [-0.39, 0.29) is 6.61 Å². The molecule has 0 unspecified atom stereocenters. The summed E-state index contributed by atoms with van der Waals surface area (Å²) < 4.78 is 24.7. The number of hydrogen-bond acceptors (Lipinski definition) is 7. The zero-order valence-corrected chi connectivity index (χ0v) is 20.2.